The molecule has 5 rings (SSSR count). The summed E-state index contributed by atoms with van der Waals surface area (Å²) in [4.78, 5) is 23.1. The fourth-order valence-electron chi connectivity index (χ4n) is 4.54. The minimum absolute atomic E-state index is 0.266. The first-order chi connectivity index (χ1) is 19.0. The zero-order valence-electron chi connectivity index (χ0n) is 22.2. The van der Waals surface area contributed by atoms with Gasteiger partial charge in [0, 0.05) is 12.2 Å². The molecular formula is C30H31N5O4. The number of hydrogen-bond acceptors (Lipinski definition) is 7. The van der Waals surface area contributed by atoms with E-state index in [1.165, 1.54) is 0 Å². The molecule has 3 N–H and O–H groups in total. The number of carbonyl (C=O) groups is 1. The van der Waals surface area contributed by atoms with Crippen LogP contribution >= 0.6 is 0 Å². The molecule has 39 heavy (non-hydrogen) atoms. The van der Waals surface area contributed by atoms with E-state index in [0.29, 0.717) is 71.2 Å². The Morgan fingerprint density at radius 1 is 0.923 bits per heavy atom. The average molecular weight is 526 g/mol. The van der Waals surface area contributed by atoms with Gasteiger partial charge in [-0.05, 0) is 74.4 Å². The first-order valence-electron chi connectivity index (χ1n) is 12.9. The van der Waals surface area contributed by atoms with Gasteiger partial charge in [-0.1, -0.05) is 18.2 Å². The summed E-state index contributed by atoms with van der Waals surface area (Å²) in [7, 11) is 1.61. The number of nitrogens with one attached hydrogen (secondary N) is 1. The van der Waals surface area contributed by atoms with Gasteiger partial charge in [0.2, 0.25) is 0 Å². The normalized spacial score (nSPS) is 11.1. The SMILES string of the molecule is CCOc1ccc(CCNC(=O)c2c(N)n(-c3ccc(OC)cc3)c3nc4ccccc4nc23)cc1OCC. The highest BCUT2D eigenvalue weighted by Crippen LogP contribution is 2.32. The van der Waals surface area contributed by atoms with Gasteiger partial charge in [-0.3, -0.25) is 9.36 Å². The molecule has 0 saturated carbocycles. The van der Waals surface area contributed by atoms with E-state index in [1.54, 1.807) is 11.7 Å². The first-order valence-corrected chi connectivity index (χ1v) is 12.9. The lowest BCUT2D eigenvalue weighted by atomic mass is 10.1. The number of nitrogen functional groups attached to an aromatic ring is 1. The molecule has 2 aromatic heterocycles. The Labute approximate surface area is 226 Å². The zero-order valence-corrected chi connectivity index (χ0v) is 22.2. The minimum atomic E-state index is -0.315. The maximum atomic E-state index is 13.5. The molecular weight excluding hydrogens is 494 g/mol. The summed E-state index contributed by atoms with van der Waals surface area (Å²) in [5.74, 6) is 2.06. The second-order valence-corrected chi connectivity index (χ2v) is 8.83. The molecule has 2 heterocycles. The van der Waals surface area contributed by atoms with Gasteiger partial charge in [0.05, 0.1) is 31.4 Å². The van der Waals surface area contributed by atoms with Crippen LogP contribution in [0.2, 0.25) is 0 Å². The molecule has 1 amide bonds. The van der Waals surface area contributed by atoms with Gasteiger partial charge < -0.3 is 25.3 Å². The second kappa shape index (κ2) is 11.3. The van der Waals surface area contributed by atoms with E-state index >= 15 is 0 Å². The van der Waals surface area contributed by atoms with E-state index in [2.05, 4.69) is 5.32 Å². The molecule has 9 nitrogen and oxygen atoms in total. The van der Waals surface area contributed by atoms with Gasteiger partial charge >= 0.3 is 0 Å². The number of rotatable bonds is 10. The maximum Gasteiger partial charge on any atom is 0.257 e. The molecule has 0 aliphatic rings. The number of benzene rings is 3. The lowest BCUT2D eigenvalue weighted by Crippen LogP contribution is -2.26. The predicted molar refractivity (Wildman–Crippen MR) is 152 cm³/mol. The number of nitrogens with zero attached hydrogens (tertiary/aromatic N) is 3. The number of hydrogen-bond donors (Lipinski definition) is 2. The van der Waals surface area contributed by atoms with E-state index in [9.17, 15) is 4.79 Å². The second-order valence-electron chi connectivity index (χ2n) is 8.83. The smallest absolute Gasteiger partial charge is 0.257 e. The largest absolute Gasteiger partial charge is 0.497 e. The van der Waals surface area contributed by atoms with Crippen molar-refractivity contribution in [2.45, 2.75) is 20.3 Å². The third-order valence-electron chi connectivity index (χ3n) is 6.36. The highest BCUT2D eigenvalue weighted by Gasteiger charge is 2.24. The van der Waals surface area contributed by atoms with Gasteiger partial charge in [-0.25, -0.2) is 9.97 Å². The molecule has 0 spiro atoms. The van der Waals surface area contributed by atoms with Crippen LogP contribution in [0.15, 0.2) is 66.7 Å². The van der Waals surface area contributed by atoms with Crippen LogP contribution in [0, 0.1) is 0 Å². The van der Waals surface area contributed by atoms with Crippen molar-refractivity contribution in [1.82, 2.24) is 19.9 Å². The molecule has 0 unspecified atom stereocenters. The fraction of sp³-hybridized carbons (Fsp3) is 0.233. The Kier molecular flexibility index (Phi) is 7.49. The van der Waals surface area contributed by atoms with Gasteiger partial charge in [0.15, 0.2) is 17.1 Å². The van der Waals surface area contributed by atoms with Crippen LogP contribution in [0.1, 0.15) is 29.8 Å². The van der Waals surface area contributed by atoms with Crippen molar-refractivity contribution in [3.8, 4) is 22.9 Å². The van der Waals surface area contributed by atoms with Gasteiger partial charge in [-0.2, -0.15) is 0 Å². The molecule has 0 bridgehead atoms. The first kappa shape index (κ1) is 25.8. The standard InChI is InChI=1S/C30H31N5O4/c1-4-38-24-15-10-19(18-25(24)39-5-2)16-17-32-30(36)26-27-29(34-23-9-7-6-8-22(23)33-27)35(28(26)31)20-11-13-21(37-3)14-12-20/h6-15,18H,4-5,16-17,31H2,1-3H3,(H,32,36). The van der Waals surface area contributed by atoms with Gasteiger partial charge in [-0.15, -0.1) is 0 Å². The number of fused-ring (bicyclic) bond motifs is 2. The highest BCUT2D eigenvalue weighted by atomic mass is 16.5. The van der Waals surface area contributed by atoms with E-state index < -0.39 is 0 Å². The average Bonchev–Trinajstić information content (AvgIpc) is 3.23. The number of nitrogens with two attached hydrogens (primary N) is 1. The van der Waals surface area contributed by atoms with Crippen molar-refractivity contribution < 1.29 is 19.0 Å². The quantitative estimate of drug-likeness (QED) is 0.266. The topological polar surface area (TPSA) is 114 Å². The molecule has 0 aliphatic carbocycles. The number of anilines is 1. The summed E-state index contributed by atoms with van der Waals surface area (Å²) < 4.78 is 18.4. The highest BCUT2D eigenvalue weighted by molar-refractivity contribution is 6.11. The summed E-state index contributed by atoms with van der Waals surface area (Å²) in [6.07, 6.45) is 0.601. The molecule has 0 radical (unpaired) electrons. The maximum absolute atomic E-state index is 13.5. The third-order valence-corrected chi connectivity index (χ3v) is 6.36. The Hall–Kier alpha value is -4.79. The van der Waals surface area contributed by atoms with Crippen molar-refractivity contribution >= 4 is 33.9 Å². The van der Waals surface area contributed by atoms with Crippen LogP contribution in [-0.2, 0) is 6.42 Å². The molecule has 3 aromatic carbocycles. The van der Waals surface area contributed by atoms with Crippen LogP contribution in [-0.4, -0.2) is 47.3 Å². The number of ether oxygens (including phenoxy) is 3. The number of aromatic nitrogens is 3. The number of methoxy groups -OCH3 is 1. The van der Waals surface area contributed by atoms with Gasteiger partial charge in [0.1, 0.15) is 22.6 Å². The van der Waals surface area contributed by atoms with E-state index in [4.69, 9.17) is 29.9 Å². The summed E-state index contributed by atoms with van der Waals surface area (Å²) in [6, 6.07) is 20.8. The number of carbonyl (C=O) groups excluding carboxylic acids is 1. The molecule has 0 saturated heterocycles. The van der Waals surface area contributed by atoms with Crippen LogP contribution < -0.4 is 25.3 Å². The summed E-state index contributed by atoms with van der Waals surface area (Å²) >= 11 is 0. The Balaban J connectivity index is 1.46. The molecule has 0 aliphatic heterocycles. The van der Waals surface area contributed by atoms with Crippen LogP contribution in [0.4, 0.5) is 5.82 Å². The van der Waals surface area contributed by atoms with Crippen molar-refractivity contribution in [1.29, 1.82) is 0 Å². The van der Waals surface area contributed by atoms with Crippen molar-refractivity contribution in [3.63, 3.8) is 0 Å². The molecule has 200 valence electrons. The van der Waals surface area contributed by atoms with Gasteiger partial charge in [0.25, 0.3) is 5.91 Å². The Morgan fingerprint density at radius 3 is 2.31 bits per heavy atom. The predicted octanol–water partition coefficient (Wildman–Crippen LogP) is 4.93. The van der Waals surface area contributed by atoms with Crippen molar-refractivity contribution in [2.24, 2.45) is 0 Å². The number of amides is 1. The van der Waals surface area contributed by atoms with Crippen molar-refractivity contribution in [2.75, 3.05) is 32.6 Å². The van der Waals surface area contributed by atoms with E-state index in [-0.39, 0.29) is 11.7 Å². The monoisotopic (exact) mass is 525 g/mol. The Bertz CT molecular complexity index is 1630. The zero-order chi connectivity index (χ0) is 27.4. The lowest BCUT2D eigenvalue weighted by molar-refractivity contribution is 0.0956. The lowest BCUT2D eigenvalue weighted by Gasteiger charge is -2.13. The molecule has 0 fully saturated rings. The summed E-state index contributed by atoms with van der Waals surface area (Å²) in [5.41, 5.74) is 11.0. The molecule has 5 aromatic rings. The molecule has 0 atom stereocenters. The van der Waals surface area contributed by atoms with Crippen molar-refractivity contribution in [3.05, 3.63) is 77.9 Å². The van der Waals surface area contributed by atoms with Crippen LogP contribution in [0.5, 0.6) is 17.2 Å². The summed E-state index contributed by atoms with van der Waals surface area (Å²) in [5, 5.41) is 3.01. The molecule has 9 heteroatoms. The Morgan fingerprint density at radius 2 is 1.62 bits per heavy atom. The minimum Gasteiger partial charge on any atom is -0.497 e. The number of para-hydroxylation sites is 2. The van der Waals surface area contributed by atoms with Crippen LogP contribution in [0.3, 0.4) is 0 Å². The van der Waals surface area contributed by atoms with E-state index in [1.807, 2.05) is 80.6 Å². The van der Waals surface area contributed by atoms with Crippen LogP contribution in [0.25, 0.3) is 27.9 Å². The van der Waals surface area contributed by atoms with E-state index in [0.717, 1.165) is 11.3 Å². The fourth-order valence-corrected chi connectivity index (χ4v) is 4.54. The summed E-state index contributed by atoms with van der Waals surface area (Å²) in [6.45, 7) is 5.35. The third kappa shape index (κ3) is 5.16.